The van der Waals surface area contributed by atoms with Crippen LogP contribution in [0.25, 0.3) is 0 Å². The molecule has 0 aromatic heterocycles. The number of carbonyl (C=O) groups excluding carboxylic acids is 1. The molecule has 27 heavy (non-hydrogen) atoms. The maximum Gasteiger partial charge on any atom is 0.277 e. The molecule has 0 unspecified atom stereocenters. The maximum absolute atomic E-state index is 13.4. The van der Waals surface area contributed by atoms with E-state index in [4.69, 9.17) is 5.73 Å². The van der Waals surface area contributed by atoms with Crippen molar-refractivity contribution in [3.05, 3.63) is 35.9 Å². The summed E-state index contributed by atoms with van der Waals surface area (Å²) in [5, 5.41) is 2.31. The third-order valence-electron chi connectivity index (χ3n) is 4.90. The molecule has 1 heterocycles. The van der Waals surface area contributed by atoms with Gasteiger partial charge >= 0.3 is 0 Å². The lowest BCUT2D eigenvalue weighted by Crippen LogP contribution is -2.55. The van der Waals surface area contributed by atoms with Gasteiger partial charge in [-0.1, -0.05) is 30.3 Å². The molecule has 1 aromatic rings. The molecule has 154 valence electrons. The molecule has 0 saturated carbocycles. The fourth-order valence-corrected chi connectivity index (χ4v) is 4.29. The van der Waals surface area contributed by atoms with Crippen LogP contribution in [0, 0.1) is 0 Å². The molecule has 6 nitrogen and oxygen atoms in total. The number of rotatable bonds is 7. The lowest BCUT2D eigenvalue weighted by Gasteiger charge is -2.40. The van der Waals surface area contributed by atoms with Crippen molar-refractivity contribution in [2.45, 2.75) is 31.1 Å². The molecule has 10 heteroatoms. The van der Waals surface area contributed by atoms with Crippen LogP contribution in [-0.2, 0) is 20.2 Å². The van der Waals surface area contributed by atoms with Gasteiger partial charge in [0.05, 0.1) is 24.3 Å². The van der Waals surface area contributed by atoms with Crippen molar-refractivity contribution in [1.82, 2.24) is 9.62 Å². The summed E-state index contributed by atoms with van der Waals surface area (Å²) in [4.78, 5) is 12.9. The van der Waals surface area contributed by atoms with Crippen LogP contribution in [0.1, 0.15) is 25.3 Å². The highest BCUT2D eigenvalue weighted by atomic mass is 35.5. The number of hydrogen-bond acceptors (Lipinski definition) is 4. The molecule has 2 rings (SSSR count). The number of alkyl halides is 2. The molecule has 0 spiro atoms. The lowest BCUT2D eigenvalue weighted by atomic mass is 9.72. The Bertz CT molecular complexity index is 724. The standard InChI is InChI=1S/C17H25F2N3O3S.ClH/c1-2-26(24,25)22-10-8-16(9-11-22,14-6-4-3-5-7-14)15(23)21-13-17(18,19)12-20;/h3-7H,2,8-13,20H2,1H3,(H,21,23);1H. The number of nitrogens with zero attached hydrogens (tertiary/aromatic N) is 1. The molecular formula is C17H26ClF2N3O3S. The minimum atomic E-state index is -3.35. The van der Waals surface area contributed by atoms with Gasteiger partial charge in [0.25, 0.3) is 5.92 Å². The Hall–Kier alpha value is -1.29. The Labute approximate surface area is 164 Å². The summed E-state index contributed by atoms with van der Waals surface area (Å²) in [6.45, 7) is 0.218. The molecule has 0 bridgehead atoms. The van der Waals surface area contributed by atoms with Crippen LogP contribution in [0.5, 0.6) is 0 Å². The monoisotopic (exact) mass is 425 g/mol. The summed E-state index contributed by atoms with van der Waals surface area (Å²) < 4.78 is 52.4. The van der Waals surface area contributed by atoms with Crippen molar-refractivity contribution in [3.63, 3.8) is 0 Å². The zero-order chi connectivity index (χ0) is 19.4. The topological polar surface area (TPSA) is 92.5 Å². The molecular weight excluding hydrogens is 400 g/mol. The molecule has 1 saturated heterocycles. The Morgan fingerprint density at radius 2 is 1.81 bits per heavy atom. The predicted octanol–water partition coefficient (Wildman–Crippen LogP) is 1.50. The first-order chi connectivity index (χ1) is 12.2. The van der Waals surface area contributed by atoms with Crippen molar-refractivity contribution >= 4 is 28.3 Å². The Morgan fingerprint density at radius 1 is 1.26 bits per heavy atom. The van der Waals surface area contributed by atoms with Crippen molar-refractivity contribution in [2.24, 2.45) is 5.73 Å². The zero-order valence-corrected chi connectivity index (χ0v) is 16.8. The number of nitrogens with one attached hydrogen (secondary N) is 1. The molecule has 3 N–H and O–H groups in total. The van der Waals surface area contributed by atoms with Crippen LogP contribution < -0.4 is 11.1 Å². The summed E-state index contributed by atoms with van der Waals surface area (Å²) in [5.74, 6) is -3.72. The summed E-state index contributed by atoms with van der Waals surface area (Å²) in [6.07, 6.45) is 0.465. The second-order valence-corrected chi connectivity index (χ2v) is 8.75. The zero-order valence-electron chi connectivity index (χ0n) is 15.2. The quantitative estimate of drug-likeness (QED) is 0.692. The SMILES string of the molecule is CCS(=O)(=O)N1CCC(C(=O)NCC(F)(F)CN)(c2ccccc2)CC1.Cl. The van der Waals surface area contributed by atoms with Gasteiger partial charge in [-0.25, -0.2) is 21.5 Å². The Morgan fingerprint density at radius 3 is 2.30 bits per heavy atom. The van der Waals surface area contributed by atoms with Gasteiger partial charge in [-0.2, -0.15) is 0 Å². The number of halogens is 3. The van der Waals surface area contributed by atoms with E-state index >= 15 is 0 Å². The van der Waals surface area contributed by atoms with Crippen LogP contribution in [-0.4, -0.2) is 56.5 Å². The van der Waals surface area contributed by atoms with Crippen molar-refractivity contribution < 1.29 is 22.0 Å². The number of amides is 1. The molecule has 1 aliphatic heterocycles. The average Bonchev–Trinajstić information content (AvgIpc) is 2.66. The van der Waals surface area contributed by atoms with Crippen molar-refractivity contribution in [3.8, 4) is 0 Å². The molecule has 1 amide bonds. The molecule has 0 aliphatic carbocycles. The van der Waals surface area contributed by atoms with E-state index < -0.39 is 40.4 Å². The Balaban J connectivity index is 0.00000364. The fourth-order valence-electron chi connectivity index (χ4n) is 3.18. The number of hydrogen-bond donors (Lipinski definition) is 2. The highest BCUT2D eigenvalue weighted by Gasteiger charge is 2.45. The van der Waals surface area contributed by atoms with Gasteiger partial charge in [-0.15, -0.1) is 12.4 Å². The largest absolute Gasteiger partial charge is 0.349 e. The predicted molar refractivity (Wildman–Crippen MR) is 103 cm³/mol. The van der Waals surface area contributed by atoms with E-state index in [1.165, 1.54) is 4.31 Å². The number of benzene rings is 1. The molecule has 1 fully saturated rings. The molecule has 0 radical (unpaired) electrons. The minimum absolute atomic E-state index is 0. The summed E-state index contributed by atoms with van der Waals surface area (Å²) in [6, 6.07) is 8.88. The highest BCUT2D eigenvalue weighted by molar-refractivity contribution is 7.89. The molecule has 0 atom stereocenters. The van der Waals surface area contributed by atoms with E-state index in [1.807, 2.05) is 0 Å². The van der Waals surface area contributed by atoms with E-state index in [0.717, 1.165) is 0 Å². The van der Waals surface area contributed by atoms with Crippen molar-refractivity contribution in [2.75, 3.05) is 31.9 Å². The lowest BCUT2D eigenvalue weighted by molar-refractivity contribution is -0.130. The average molecular weight is 426 g/mol. The maximum atomic E-state index is 13.4. The van der Waals surface area contributed by atoms with E-state index in [9.17, 15) is 22.0 Å². The first kappa shape index (κ1) is 23.7. The van der Waals surface area contributed by atoms with Crippen LogP contribution in [0.3, 0.4) is 0 Å². The van der Waals surface area contributed by atoms with E-state index in [-0.39, 0.29) is 44.1 Å². The van der Waals surface area contributed by atoms with E-state index in [2.05, 4.69) is 5.32 Å². The van der Waals surface area contributed by atoms with Gasteiger partial charge in [0, 0.05) is 13.1 Å². The summed E-state index contributed by atoms with van der Waals surface area (Å²) in [5.41, 5.74) is 4.68. The van der Waals surface area contributed by atoms with Gasteiger partial charge in [0.1, 0.15) is 0 Å². The molecule has 1 aromatic carbocycles. The van der Waals surface area contributed by atoms with Gasteiger partial charge in [-0.3, -0.25) is 4.79 Å². The number of sulfonamides is 1. The summed E-state index contributed by atoms with van der Waals surface area (Å²) >= 11 is 0. The third-order valence-corrected chi connectivity index (χ3v) is 6.78. The minimum Gasteiger partial charge on any atom is -0.349 e. The van der Waals surface area contributed by atoms with Gasteiger partial charge < -0.3 is 11.1 Å². The van der Waals surface area contributed by atoms with Gasteiger partial charge in [-0.05, 0) is 25.3 Å². The Kier molecular flexibility index (Phi) is 8.15. The fraction of sp³-hybridized carbons (Fsp3) is 0.588. The smallest absolute Gasteiger partial charge is 0.277 e. The number of carbonyl (C=O) groups is 1. The second kappa shape index (κ2) is 9.27. The third kappa shape index (κ3) is 5.37. The first-order valence-electron chi connectivity index (χ1n) is 8.56. The normalized spacial score (nSPS) is 17.8. The van der Waals surface area contributed by atoms with E-state index in [0.29, 0.717) is 5.56 Å². The van der Waals surface area contributed by atoms with E-state index in [1.54, 1.807) is 37.3 Å². The number of nitrogens with two attached hydrogens (primary N) is 1. The first-order valence-corrected chi connectivity index (χ1v) is 10.2. The van der Waals surface area contributed by atoms with Gasteiger partial charge in [0.15, 0.2) is 0 Å². The number of piperidine rings is 1. The summed E-state index contributed by atoms with van der Waals surface area (Å²) in [7, 11) is -3.35. The molecule has 1 aliphatic rings. The highest BCUT2D eigenvalue weighted by Crippen LogP contribution is 2.36. The van der Waals surface area contributed by atoms with Crippen molar-refractivity contribution in [1.29, 1.82) is 0 Å². The van der Waals surface area contributed by atoms with Gasteiger partial charge in [0.2, 0.25) is 15.9 Å². The van der Waals surface area contributed by atoms with Crippen LogP contribution >= 0.6 is 12.4 Å². The van der Waals surface area contributed by atoms with Crippen LogP contribution in [0.4, 0.5) is 8.78 Å². The van der Waals surface area contributed by atoms with Crippen LogP contribution in [0.15, 0.2) is 30.3 Å². The van der Waals surface area contributed by atoms with Crippen LogP contribution in [0.2, 0.25) is 0 Å². The second-order valence-electron chi connectivity index (χ2n) is 6.49.